The lowest BCUT2D eigenvalue weighted by atomic mass is 9.67. The van der Waals surface area contributed by atoms with E-state index in [4.69, 9.17) is 4.74 Å². The molecule has 0 aliphatic carbocycles. The molecule has 3 nitrogen and oxygen atoms in total. The van der Waals surface area contributed by atoms with Crippen molar-refractivity contribution in [3.63, 3.8) is 0 Å². The number of esters is 1. The summed E-state index contributed by atoms with van der Waals surface area (Å²) in [6.45, 7) is 3.08. The van der Waals surface area contributed by atoms with Crippen LogP contribution in [0.2, 0.25) is 6.32 Å². The Morgan fingerprint density at radius 1 is 1.41 bits per heavy atom. The van der Waals surface area contributed by atoms with Crippen molar-refractivity contribution in [3.05, 3.63) is 29.8 Å². The van der Waals surface area contributed by atoms with E-state index in [-0.39, 0.29) is 5.97 Å². The largest absolute Gasteiger partial charge is 0.466 e. The van der Waals surface area contributed by atoms with Crippen LogP contribution in [0.1, 0.15) is 12.5 Å². The predicted molar refractivity (Wildman–Crippen MR) is 74.0 cm³/mol. The molecule has 0 unspecified atom stereocenters. The van der Waals surface area contributed by atoms with Crippen molar-refractivity contribution in [2.45, 2.75) is 19.7 Å². The molecule has 17 heavy (non-hydrogen) atoms. The summed E-state index contributed by atoms with van der Waals surface area (Å²) in [5, 5.41) is 0. The number of carbonyl (C=O) groups excluding carboxylic acids is 1. The highest BCUT2D eigenvalue weighted by atomic mass is 32.1. The summed E-state index contributed by atoms with van der Waals surface area (Å²) in [5.41, 5.74) is 2.29. The molecule has 0 aliphatic heterocycles. The van der Waals surface area contributed by atoms with Gasteiger partial charge in [0.1, 0.15) is 0 Å². The fourth-order valence-electron chi connectivity index (χ4n) is 1.44. The molecule has 1 radical (unpaired) electrons. The second kappa shape index (κ2) is 8.20. The number of ether oxygens (including phenoxy) is 1. The summed E-state index contributed by atoms with van der Waals surface area (Å²) >= 11 is 3.94. The average Bonchev–Trinajstić information content (AvgIpc) is 2.35. The van der Waals surface area contributed by atoms with Crippen molar-refractivity contribution in [1.29, 1.82) is 0 Å². The zero-order chi connectivity index (χ0) is 12.5. The molecule has 0 atom stereocenters. The van der Waals surface area contributed by atoms with Crippen molar-refractivity contribution in [2.75, 3.05) is 13.2 Å². The lowest BCUT2D eigenvalue weighted by Gasteiger charge is -2.03. The van der Waals surface area contributed by atoms with Crippen molar-refractivity contribution >= 4 is 31.5 Å². The van der Waals surface area contributed by atoms with Gasteiger partial charge in [-0.15, -0.1) is 0 Å². The summed E-state index contributed by atoms with van der Waals surface area (Å²) in [7, 11) is 1.87. The van der Waals surface area contributed by atoms with Crippen LogP contribution in [0.15, 0.2) is 24.3 Å². The van der Waals surface area contributed by atoms with Gasteiger partial charge in [-0.3, -0.25) is 9.52 Å². The molecule has 91 valence electrons. The van der Waals surface area contributed by atoms with Crippen LogP contribution in [0.3, 0.4) is 0 Å². The Kier molecular flexibility index (Phi) is 6.81. The van der Waals surface area contributed by atoms with Crippen molar-refractivity contribution in [3.8, 4) is 0 Å². The van der Waals surface area contributed by atoms with Gasteiger partial charge in [0.05, 0.1) is 6.61 Å². The third kappa shape index (κ3) is 5.80. The van der Waals surface area contributed by atoms with Crippen molar-refractivity contribution in [1.82, 2.24) is 4.72 Å². The van der Waals surface area contributed by atoms with Crippen LogP contribution in [0.4, 0.5) is 0 Å². The minimum absolute atomic E-state index is 0.184. The summed E-state index contributed by atoms with van der Waals surface area (Å²) in [6, 6.07) is 8.13. The molecule has 0 saturated carbocycles. The van der Waals surface area contributed by atoms with Crippen LogP contribution < -0.4 is 10.2 Å². The molecule has 0 aromatic heterocycles. The molecule has 0 bridgehead atoms. The van der Waals surface area contributed by atoms with E-state index in [2.05, 4.69) is 29.7 Å². The normalized spacial score (nSPS) is 10.0. The van der Waals surface area contributed by atoms with Crippen LogP contribution >= 0.6 is 12.8 Å². The van der Waals surface area contributed by atoms with Gasteiger partial charge in [0.2, 0.25) is 0 Å². The van der Waals surface area contributed by atoms with Gasteiger partial charge in [0.25, 0.3) is 5.97 Å². The molecule has 1 aromatic rings. The van der Waals surface area contributed by atoms with Gasteiger partial charge >= 0.3 is 0 Å². The minimum Gasteiger partial charge on any atom is -0.466 e. The Hall–Kier alpha value is -0.935. The third-order valence-electron chi connectivity index (χ3n) is 2.31. The van der Waals surface area contributed by atoms with Gasteiger partial charge < -0.3 is 4.74 Å². The molecule has 0 amide bonds. The standard InChI is InChI=1S/C12H17BNO2S/c1-2-16-12(15)9-13-11-5-3-10(4-6-11)7-8-14-17/h3-6,14,17H,2,7-9H2,1H3. The quantitative estimate of drug-likeness (QED) is 0.430. The van der Waals surface area contributed by atoms with E-state index in [0.717, 1.165) is 18.4 Å². The zero-order valence-electron chi connectivity index (χ0n) is 9.98. The molecular formula is C12H17BNO2S. The molecule has 1 aromatic carbocycles. The molecule has 0 saturated heterocycles. The minimum atomic E-state index is -0.184. The second-order valence-corrected chi connectivity index (χ2v) is 3.93. The van der Waals surface area contributed by atoms with E-state index in [1.54, 1.807) is 0 Å². The fraction of sp³-hybridized carbons (Fsp3) is 0.417. The summed E-state index contributed by atoms with van der Waals surface area (Å²) in [6.07, 6.45) is 1.27. The Morgan fingerprint density at radius 3 is 2.71 bits per heavy atom. The predicted octanol–water partition coefficient (Wildman–Crippen LogP) is 0.974. The van der Waals surface area contributed by atoms with Crippen LogP contribution in [0, 0.1) is 0 Å². The van der Waals surface area contributed by atoms with E-state index in [0.29, 0.717) is 12.9 Å². The van der Waals surface area contributed by atoms with E-state index >= 15 is 0 Å². The van der Waals surface area contributed by atoms with Gasteiger partial charge in [-0.2, -0.15) is 0 Å². The number of hydrogen-bond acceptors (Lipinski definition) is 4. The lowest BCUT2D eigenvalue weighted by Crippen LogP contribution is -2.18. The van der Waals surface area contributed by atoms with Crippen LogP contribution in [-0.2, 0) is 16.0 Å². The number of carbonyl (C=O) groups is 1. The second-order valence-electron chi connectivity index (χ2n) is 3.61. The monoisotopic (exact) mass is 250 g/mol. The molecule has 0 spiro atoms. The Balaban J connectivity index is 2.37. The summed E-state index contributed by atoms with van der Waals surface area (Å²) < 4.78 is 7.66. The first-order chi connectivity index (χ1) is 8.26. The number of rotatable bonds is 7. The van der Waals surface area contributed by atoms with Gasteiger partial charge in [-0.1, -0.05) is 42.5 Å². The zero-order valence-corrected chi connectivity index (χ0v) is 10.9. The van der Waals surface area contributed by atoms with Crippen LogP contribution in [0.25, 0.3) is 0 Å². The third-order valence-corrected chi connectivity index (χ3v) is 2.54. The van der Waals surface area contributed by atoms with Crippen LogP contribution in [-0.4, -0.2) is 26.4 Å². The number of benzene rings is 1. The number of nitrogens with one attached hydrogen (secondary N) is 1. The van der Waals surface area contributed by atoms with Crippen LogP contribution in [0.5, 0.6) is 0 Å². The molecule has 1 N–H and O–H groups in total. The summed E-state index contributed by atoms with van der Waals surface area (Å²) in [5.74, 6) is -0.184. The first-order valence-corrected chi connectivity index (χ1v) is 6.15. The van der Waals surface area contributed by atoms with Gasteiger partial charge in [0.15, 0.2) is 7.28 Å². The fourth-order valence-corrected chi connectivity index (χ4v) is 1.55. The molecule has 5 heteroatoms. The highest BCUT2D eigenvalue weighted by Gasteiger charge is 2.04. The highest BCUT2D eigenvalue weighted by molar-refractivity contribution is 7.78. The first-order valence-electron chi connectivity index (χ1n) is 5.71. The van der Waals surface area contributed by atoms with Crippen molar-refractivity contribution in [2.24, 2.45) is 0 Å². The smallest absolute Gasteiger partial charge is 0.298 e. The SMILES string of the molecule is CCOC(=O)C[B]c1ccc(CCNS)cc1. The molecular weight excluding hydrogens is 233 g/mol. The Morgan fingerprint density at radius 2 is 2.12 bits per heavy atom. The van der Waals surface area contributed by atoms with E-state index in [1.165, 1.54) is 5.56 Å². The number of thiol groups is 1. The lowest BCUT2D eigenvalue weighted by molar-refractivity contribution is -0.140. The maximum atomic E-state index is 11.2. The topological polar surface area (TPSA) is 38.3 Å². The maximum absolute atomic E-state index is 11.2. The maximum Gasteiger partial charge on any atom is 0.298 e. The van der Waals surface area contributed by atoms with E-state index < -0.39 is 0 Å². The van der Waals surface area contributed by atoms with E-state index in [1.807, 2.05) is 26.3 Å². The molecule has 0 heterocycles. The van der Waals surface area contributed by atoms with E-state index in [9.17, 15) is 4.79 Å². The van der Waals surface area contributed by atoms with Gasteiger partial charge in [0, 0.05) is 12.9 Å². The Labute approximate surface area is 109 Å². The summed E-state index contributed by atoms with van der Waals surface area (Å²) in [4.78, 5) is 11.2. The van der Waals surface area contributed by atoms with Gasteiger partial charge in [-0.25, -0.2) is 0 Å². The number of hydrogen-bond donors (Lipinski definition) is 2. The highest BCUT2D eigenvalue weighted by Crippen LogP contribution is 1.98. The van der Waals surface area contributed by atoms with Gasteiger partial charge in [-0.05, 0) is 18.9 Å². The molecule has 1 rings (SSSR count). The first kappa shape index (κ1) is 14.1. The van der Waals surface area contributed by atoms with Crippen molar-refractivity contribution < 1.29 is 9.53 Å². The molecule has 0 fully saturated rings. The average molecular weight is 250 g/mol. The Bertz CT molecular complexity index is 343. The molecule has 0 aliphatic rings.